The van der Waals surface area contributed by atoms with Crippen LogP contribution in [0.25, 0.3) is 0 Å². The molecule has 2 rings (SSSR count). The Bertz CT molecular complexity index is 551. The molecule has 0 spiro atoms. The van der Waals surface area contributed by atoms with Crippen LogP contribution in [0.3, 0.4) is 0 Å². The standard InChI is InChI=1S/C13H13NO3S/c1-9-14-10(8-18-9)6-7-17-12-5-3-2-4-11(12)13(15)16/h2-5,8H,6-7H2,1H3,(H,15,16). The second kappa shape index (κ2) is 5.64. The summed E-state index contributed by atoms with van der Waals surface area (Å²) in [4.78, 5) is 15.3. The topological polar surface area (TPSA) is 59.4 Å². The molecule has 2 aromatic rings. The fourth-order valence-corrected chi connectivity index (χ4v) is 2.20. The quantitative estimate of drug-likeness (QED) is 0.901. The lowest BCUT2D eigenvalue weighted by Gasteiger charge is -2.07. The van der Waals surface area contributed by atoms with E-state index in [0.29, 0.717) is 18.8 Å². The number of hydrogen-bond donors (Lipinski definition) is 1. The molecule has 0 radical (unpaired) electrons. The van der Waals surface area contributed by atoms with Crippen LogP contribution in [0.15, 0.2) is 29.6 Å². The van der Waals surface area contributed by atoms with Crippen molar-refractivity contribution in [1.82, 2.24) is 4.98 Å². The molecule has 1 aromatic carbocycles. The molecule has 5 heteroatoms. The molecule has 0 aliphatic heterocycles. The molecule has 18 heavy (non-hydrogen) atoms. The first-order valence-electron chi connectivity index (χ1n) is 5.53. The third kappa shape index (κ3) is 3.07. The number of rotatable bonds is 5. The molecule has 1 aromatic heterocycles. The maximum Gasteiger partial charge on any atom is 0.339 e. The second-order valence-corrected chi connectivity index (χ2v) is 4.82. The normalized spacial score (nSPS) is 10.3. The van der Waals surface area contributed by atoms with Gasteiger partial charge in [0.15, 0.2) is 0 Å². The van der Waals surface area contributed by atoms with Gasteiger partial charge in [0.25, 0.3) is 0 Å². The van der Waals surface area contributed by atoms with Crippen molar-refractivity contribution in [3.8, 4) is 5.75 Å². The molecule has 0 amide bonds. The van der Waals surface area contributed by atoms with Gasteiger partial charge in [-0.1, -0.05) is 12.1 Å². The summed E-state index contributed by atoms with van der Waals surface area (Å²) in [5.41, 5.74) is 1.16. The molecular formula is C13H13NO3S. The summed E-state index contributed by atoms with van der Waals surface area (Å²) < 4.78 is 5.50. The molecule has 0 saturated heterocycles. The van der Waals surface area contributed by atoms with E-state index in [1.807, 2.05) is 12.3 Å². The minimum absolute atomic E-state index is 0.187. The lowest BCUT2D eigenvalue weighted by molar-refractivity contribution is 0.0692. The van der Waals surface area contributed by atoms with Gasteiger partial charge < -0.3 is 9.84 Å². The fourth-order valence-electron chi connectivity index (χ4n) is 1.56. The molecule has 0 atom stereocenters. The number of aryl methyl sites for hydroxylation is 1. The molecule has 0 fully saturated rings. The number of hydrogen-bond acceptors (Lipinski definition) is 4. The highest BCUT2D eigenvalue weighted by Gasteiger charge is 2.10. The highest BCUT2D eigenvalue weighted by molar-refractivity contribution is 7.09. The minimum Gasteiger partial charge on any atom is -0.492 e. The zero-order valence-corrected chi connectivity index (χ0v) is 10.7. The third-order valence-electron chi connectivity index (χ3n) is 2.40. The molecule has 0 aliphatic carbocycles. The van der Waals surface area contributed by atoms with Crippen molar-refractivity contribution in [3.05, 3.63) is 45.9 Å². The molecule has 0 unspecified atom stereocenters. The number of aromatic nitrogens is 1. The first-order valence-corrected chi connectivity index (χ1v) is 6.41. The van der Waals surface area contributed by atoms with Crippen LogP contribution in [0.4, 0.5) is 0 Å². The van der Waals surface area contributed by atoms with Gasteiger partial charge >= 0.3 is 5.97 Å². The zero-order chi connectivity index (χ0) is 13.0. The number of carboxylic acids is 1. The predicted octanol–water partition coefficient (Wildman–Crippen LogP) is 2.77. The third-order valence-corrected chi connectivity index (χ3v) is 3.22. The predicted molar refractivity (Wildman–Crippen MR) is 69.5 cm³/mol. The van der Waals surface area contributed by atoms with Gasteiger partial charge in [-0.25, -0.2) is 9.78 Å². The van der Waals surface area contributed by atoms with E-state index >= 15 is 0 Å². The first-order chi connectivity index (χ1) is 8.66. The van der Waals surface area contributed by atoms with Crippen LogP contribution in [0.2, 0.25) is 0 Å². The number of aromatic carboxylic acids is 1. The molecule has 4 nitrogen and oxygen atoms in total. The van der Waals surface area contributed by atoms with Crippen molar-refractivity contribution in [3.63, 3.8) is 0 Å². The number of carboxylic acid groups (broad SMARTS) is 1. The van der Waals surface area contributed by atoms with E-state index in [2.05, 4.69) is 4.98 Å². The number of carbonyl (C=O) groups is 1. The average Bonchev–Trinajstić information content (AvgIpc) is 2.75. The van der Waals surface area contributed by atoms with Gasteiger partial charge in [0.2, 0.25) is 0 Å². The van der Waals surface area contributed by atoms with Gasteiger partial charge in [0, 0.05) is 11.8 Å². The van der Waals surface area contributed by atoms with Crippen LogP contribution in [0, 0.1) is 6.92 Å². The van der Waals surface area contributed by atoms with Gasteiger partial charge in [0.05, 0.1) is 17.3 Å². The molecule has 1 N–H and O–H groups in total. The van der Waals surface area contributed by atoms with E-state index in [1.165, 1.54) is 6.07 Å². The highest BCUT2D eigenvalue weighted by Crippen LogP contribution is 2.18. The summed E-state index contributed by atoms with van der Waals surface area (Å²) >= 11 is 1.60. The van der Waals surface area contributed by atoms with Crippen molar-refractivity contribution >= 4 is 17.3 Å². The summed E-state index contributed by atoms with van der Waals surface area (Å²) in [7, 11) is 0. The van der Waals surface area contributed by atoms with Crippen LogP contribution in [-0.4, -0.2) is 22.7 Å². The van der Waals surface area contributed by atoms with Crippen molar-refractivity contribution in [1.29, 1.82) is 0 Å². The van der Waals surface area contributed by atoms with Crippen molar-refractivity contribution in [2.75, 3.05) is 6.61 Å². The first kappa shape index (κ1) is 12.6. The lowest BCUT2D eigenvalue weighted by atomic mass is 10.2. The van der Waals surface area contributed by atoms with E-state index in [9.17, 15) is 4.79 Å². The number of para-hydroxylation sites is 1. The van der Waals surface area contributed by atoms with Gasteiger partial charge in [-0.3, -0.25) is 0 Å². The Morgan fingerprint density at radius 2 is 2.22 bits per heavy atom. The van der Waals surface area contributed by atoms with Crippen molar-refractivity contribution in [2.45, 2.75) is 13.3 Å². The summed E-state index contributed by atoms with van der Waals surface area (Å²) in [6.45, 7) is 2.38. The zero-order valence-electron chi connectivity index (χ0n) is 9.92. The van der Waals surface area contributed by atoms with Crippen LogP contribution in [-0.2, 0) is 6.42 Å². The van der Waals surface area contributed by atoms with Gasteiger partial charge in [-0.05, 0) is 19.1 Å². The smallest absolute Gasteiger partial charge is 0.339 e. The Morgan fingerprint density at radius 3 is 2.89 bits per heavy atom. The Kier molecular flexibility index (Phi) is 3.94. The van der Waals surface area contributed by atoms with E-state index in [-0.39, 0.29) is 5.56 Å². The molecule has 0 bridgehead atoms. The maximum absolute atomic E-state index is 11.0. The Hall–Kier alpha value is -1.88. The maximum atomic E-state index is 11.0. The lowest BCUT2D eigenvalue weighted by Crippen LogP contribution is -2.06. The van der Waals surface area contributed by atoms with Crippen LogP contribution in [0.5, 0.6) is 5.75 Å². The largest absolute Gasteiger partial charge is 0.492 e. The molecule has 94 valence electrons. The highest BCUT2D eigenvalue weighted by atomic mass is 32.1. The van der Waals surface area contributed by atoms with Crippen LogP contribution >= 0.6 is 11.3 Å². The van der Waals surface area contributed by atoms with Crippen molar-refractivity contribution in [2.24, 2.45) is 0 Å². The number of thiazole rings is 1. The Balaban J connectivity index is 1.96. The average molecular weight is 263 g/mol. The molecule has 1 heterocycles. The summed E-state index contributed by atoms with van der Waals surface area (Å²) in [6, 6.07) is 6.63. The van der Waals surface area contributed by atoms with Crippen LogP contribution in [0.1, 0.15) is 21.1 Å². The fraction of sp³-hybridized carbons (Fsp3) is 0.231. The van der Waals surface area contributed by atoms with Gasteiger partial charge in [-0.2, -0.15) is 0 Å². The summed E-state index contributed by atoms with van der Waals surface area (Å²) in [6.07, 6.45) is 0.679. The SMILES string of the molecule is Cc1nc(CCOc2ccccc2C(=O)O)cs1. The van der Waals surface area contributed by atoms with E-state index < -0.39 is 5.97 Å². The number of nitrogens with zero attached hydrogens (tertiary/aromatic N) is 1. The molecular weight excluding hydrogens is 250 g/mol. The van der Waals surface area contributed by atoms with Crippen molar-refractivity contribution < 1.29 is 14.6 Å². The molecule has 0 aliphatic rings. The summed E-state index contributed by atoms with van der Waals surface area (Å²) in [5.74, 6) is -0.577. The van der Waals surface area contributed by atoms with E-state index in [0.717, 1.165) is 10.7 Å². The van der Waals surface area contributed by atoms with E-state index in [4.69, 9.17) is 9.84 Å². The van der Waals surface area contributed by atoms with Gasteiger partial charge in [-0.15, -0.1) is 11.3 Å². The number of benzene rings is 1. The second-order valence-electron chi connectivity index (χ2n) is 3.76. The Morgan fingerprint density at radius 1 is 1.44 bits per heavy atom. The molecule has 0 saturated carbocycles. The summed E-state index contributed by atoms with van der Waals surface area (Å²) in [5, 5.41) is 12.0. The van der Waals surface area contributed by atoms with Gasteiger partial charge in [0.1, 0.15) is 11.3 Å². The monoisotopic (exact) mass is 263 g/mol. The van der Waals surface area contributed by atoms with Crippen LogP contribution < -0.4 is 4.74 Å². The number of ether oxygens (including phenoxy) is 1. The minimum atomic E-state index is -0.977. The Labute approximate surface area is 109 Å². The van der Waals surface area contributed by atoms with E-state index in [1.54, 1.807) is 29.5 Å².